The summed E-state index contributed by atoms with van der Waals surface area (Å²) in [6.45, 7) is 1.97. The lowest BCUT2D eigenvalue weighted by molar-refractivity contribution is 0.0342. The summed E-state index contributed by atoms with van der Waals surface area (Å²) >= 11 is 1.50. The van der Waals surface area contributed by atoms with Crippen molar-refractivity contribution < 1.29 is 9.53 Å². The van der Waals surface area contributed by atoms with Crippen molar-refractivity contribution >= 4 is 28.2 Å². The van der Waals surface area contributed by atoms with Crippen LogP contribution in [-0.4, -0.2) is 21.0 Å². The quantitative estimate of drug-likeness (QED) is 0.660. The van der Waals surface area contributed by atoms with E-state index in [9.17, 15) is 9.59 Å². The van der Waals surface area contributed by atoms with E-state index in [1.54, 1.807) is 24.3 Å². The van der Waals surface area contributed by atoms with E-state index in [4.69, 9.17) is 4.74 Å². The van der Waals surface area contributed by atoms with Crippen molar-refractivity contribution in [2.75, 3.05) is 0 Å². The van der Waals surface area contributed by atoms with E-state index >= 15 is 0 Å². The van der Waals surface area contributed by atoms with Gasteiger partial charge in [-0.05, 0) is 48.9 Å². The van der Waals surface area contributed by atoms with Gasteiger partial charge in [-0.2, -0.15) is 4.68 Å². The Kier molecular flexibility index (Phi) is 4.55. The average Bonchev–Trinajstić information content (AvgIpc) is 3.10. The first-order valence-corrected chi connectivity index (χ1v) is 9.58. The number of carbonyl (C=O) groups is 1. The standard InChI is InChI=1S/C19H19N3O3S/c1-2-12-7-8-16-13(9-12)10-17(26-16)19(24)25-11-22-18(23)14-5-3-4-6-15(14)20-21-22/h3-6,10,12H,2,7-9,11H2,1H3/t12-/m1/s1. The average molecular weight is 369 g/mol. The van der Waals surface area contributed by atoms with Crippen LogP contribution in [0.3, 0.4) is 0 Å². The molecule has 0 radical (unpaired) electrons. The highest BCUT2D eigenvalue weighted by molar-refractivity contribution is 7.14. The Labute approximate surface area is 154 Å². The summed E-state index contributed by atoms with van der Waals surface area (Å²) in [5.74, 6) is 0.284. The third-order valence-corrected chi connectivity index (χ3v) is 6.13. The van der Waals surface area contributed by atoms with Gasteiger partial charge in [0.2, 0.25) is 0 Å². The highest BCUT2D eigenvalue weighted by Gasteiger charge is 2.22. The van der Waals surface area contributed by atoms with E-state index in [0.29, 0.717) is 21.7 Å². The molecule has 1 atom stereocenters. The van der Waals surface area contributed by atoms with Gasteiger partial charge in [0.05, 0.1) is 5.39 Å². The highest BCUT2D eigenvalue weighted by atomic mass is 32.1. The monoisotopic (exact) mass is 369 g/mol. The molecule has 3 aromatic rings. The zero-order chi connectivity index (χ0) is 18.1. The minimum atomic E-state index is -0.417. The van der Waals surface area contributed by atoms with E-state index in [0.717, 1.165) is 17.5 Å². The van der Waals surface area contributed by atoms with Gasteiger partial charge in [0.15, 0.2) is 6.73 Å². The molecule has 7 heteroatoms. The number of carbonyl (C=O) groups excluding carboxylic acids is 1. The number of benzene rings is 1. The van der Waals surface area contributed by atoms with Crippen molar-refractivity contribution in [3.63, 3.8) is 0 Å². The number of hydrogen-bond acceptors (Lipinski definition) is 6. The van der Waals surface area contributed by atoms with Crippen molar-refractivity contribution in [1.29, 1.82) is 0 Å². The Morgan fingerprint density at radius 1 is 1.38 bits per heavy atom. The van der Waals surface area contributed by atoms with Gasteiger partial charge < -0.3 is 4.74 Å². The van der Waals surface area contributed by atoms with Crippen molar-refractivity contribution in [2.24, 2.45) is 5.92 Å². The minimum Gasteiger partial charge on any atom is -0.438 e. The molecule has 0 amide bonds. The zero-order valence-electron chi connectivity index (χ0n) is 14.5. The third kappa shape index (κ3) is 3.14. The summed E-state index contributed by atoms with van der Waals surface area (Å²) in [6, 6.07) is 8.91. The smallest absolute Gasteiger partial charge is 0.350 e. The van der Waals surface area contributed by atoms with Crippen LogP contribution < -0.4 is 5.56 Å². The Balaban J connectivity index is 1.49. The zero-order valence-corrected chi connectivity index (χ0v) is 15.3. The molecule has 0 fully saturated rings. The van der Waals surface area contributed by atoms with Crippen LogP contribution in [0.2, 0.25) is 0 Å². The lowest BCUT2D eigenvalue weighted by atomic mass is 9.87. The van der Waals surface area contributed by atoms with Crippen LogP contribution in [0.25, 0.3) is 10.9 Å². The topological polar surface area (TPSA) is 74.1 Å². The molecule has 4 rings (SSSR count). The predicted molar refractivity (Wildman–Crippen MR) is 99.3 cm³/mol. The second kappa shape index (κ2) is 6.99. The Morgan fingerprint density at radius 3 is 3.08 bits per heavy atom. The van der Waals surface area contributed by atoms with E-state index in [1.807, 2.05) is 6.07 Å². The predicted octanol–water partition coefficient (Wildman–Crippen LogP) is 3.18. The molecule has 0 aliphatic heterocycles. The third-order valence-electron chi connectivity index (χ3n) is 4.91. The number of fused-ring (bicyclic) bond motifs is 2. The summed E-state index contributed by atoms with van der Waals surface area (Å²) in [5, 5.41) is 8.28. The summed E-state index contributed by atoms with van der Waals surface area (Å²) in [5.41, 5.74) is 1.47. The van der Waals surface area contributed by atoms with E-state index in [1.165, 1.54) is 34.6 Å². The molecule has 2 aromatic heterocycles. The molecule has 0 saturated carbocycles. The van der Waals surface area contributed by atoms with Gasteiger partial charge in [0.1, 0.15) is 10.4 Å². The van der Waals surface area contributed by atoms with Crippen LogP contribution >= 0.6 is 11.3 Å². The van der Waals surface area contributed by atoms with E-state index in [2.05, 4.69) is 17.2 Å². The second-order valence-electron chi connectivity index (χ2n) is 6.55. The first kappa shape index (κ1) is 16.9. The molecule has 0 N–H and O–H groups in total. The van der Waals surface area contributed by atoms with Gasteiger partial charge in [-0.15, -0.1) is 16.4 Å². The highest BCUT2D eigenvalue weighted by Crippen LogP contribution is 2.33. The van der Waals surface area contributed by atoms with Crippen LogP contribution in [0.15, 0.2) is 35.1 Å². The molecule has 0 spiro atoms. The lowest BCUT2D eigenvalue weighted by Crippen LogP contribution is -2.26. The Hall–Kier alpha value is -2.54. The number of hydrogen-bond donors (Lipinski definition) is 0. The number of aromatic nitrogens is 3. The summed E-state index contributed by atoms with van der Waals surface area (Å²) in [7, 11) is 0. The van der Waals surface area contributed by atoms with Gasteiger partial charge in [0, 0.05) is 4.88 Å². The van der Waals surface area contributed by atoms with Crippen molar-refractivity contribution in [3.05, 3.63) is 56.0 Å². The molecule has 1 aromatic carbocycles. The van der Waals surface area contributed by atoms with Crippen LogP contribution in [0.1, 0.15) is 39.9 Å². The minimum absolute atomic E-state index is 0.240. The second-order valence-corrected chi connectivity index (χ2v) is 7.69. The number of aryl methyl sites for hydroxylation is 1. The maximum Gasteiger partial charge on any atom is 0.350 e. The maximum absolute atomic E-state index is 12.4. The van der Waals surface area contributed by atoms with Crippen molar-refractivity contribution in [1.82, 2.24) is 15.0 Å². The number of ether oxygens (including phenoxy) is 1. The fraction of sp³-hybridized carbons (Fsp3) is 0.368. The van der Waals surface area contributed by atoms with Gasteiger partial charge in [-0.1, -0.05) is 30.7 Å². The Morgan fingerprint density at radius 2 is 2.23 bits per heavy atom. The number of esters is 1. The molecule has 0 bridgehead atoms. The summed E-state index contributed by atoms with van der Waals surface area (Å²) in [4.78, 5) is 26.6. The molecule has 1 aliphatic carbocycles. The van der Waals surface area contributed by atoms with E-state index in [-0.39, 0.29) is 12.3 Å². The first-order valence-electron chi connectivity index (χ1n) is 8.77. The molecule has 0 unspecified atom stereocenters. The largest absolute Gasteiger partial charge is 0.438 e. The number of thiophene rings is 1. The Bertz CT molecular complexity index is 1020. The summed E-state index contributed by atoms with van der Waals surface area (Å²) < 4.78 is 6.38. The van der Waals surface area contributed by atoms with Gasteiger partial charge in [0.25, 0.3) is 5.56 Å². The van der Waals surface area contributed by atoms with Gasteiger partial charge in [-0.25, -0.2) is 4.79 Å². The van der Waals surface area contributed by atoms with Crippen molar-refractivity contribution in [2.45, 2.75) is 39.3 Å². The molecule has 0 saturated heterocycles. The fourth-order valence-electron chi connectivity index (χ4n) is 3.35. The van der Waals surface area contributed by atoms with Crippen LogP contribution in [-0.2, 0) is 24.3 Å². The van der Waals surface area contributed by atoms with Crippen LogP contribution in [0.4, 0.5) is 0 Å². The number of nitrogens with zero attached hydrogens (tertiary/aromatic N) is 3. The van der Waals surface area contributed by atoms with Gasteiger partial charge >= 0.3 is 5.97 Å². The first-order chi connectivity index (χ1) is 12.7. The van der Waals surface area contributed by atoms with Crippen LogP contribution in [0, 0.1) is 5.92 Å². The summed E-state index contributed by atoms with van der Waals surface area (Å²) in [6.07, 6.45) is 4.41. The fourth-order valence-corrected chi connectivity index (χ4v) is 4.45. The molecule has 2 heterocycles. The lowest BCUT2D eigenvalue weighted by Gasteiger charge is -2.19. The van der Waals surface area contributed by atoms with Gasteiger partial charge in [-0.3, -0.25) is 4.79 Å². The molecule has 134 valence electrons. The SMILES string of the molecule is CC[C@@H]1CCc2sc(C(=O)OCn3nnc4ccccc4c3=O)cc2C1. The molecule has 6 nitrogen and oxygen atoms in total. The molecular weight excluding hydrogens is 350 g/mol. The molecule has 1 aliphatic rings. The van der Waals surface area contributed by atoms with Crippen molar-refractivity contribution in [3.8, 4) is 0 Å². The van der Waals surface area contributed by atoms with E-state index < -0.39 is 5.97 Å². The molecule has 26 heavy (non-hydrogen) atoms. The number of rotatable bonds is 4. The maximum atomic E-state index is 12.4. The molecular formula is C19H19N3O3S. The normalized spacial score (nSPS) is 16.4. The van der Waals surface area contributed by atoms with Crippen LogP contribution in [0.5, 0.6) is 0 Å².